The summed E-state index contributed by atoms with van der Waals surface area (Å²) < 4.78 is 0. The zero-order chi connectivity index (χ0) is 20.8. The predicted molar refractivity (Wildman–Crippen MR) is 116 cm³/mol. The van der Waals surface area contributed by atoms with Crippen LogP contribution in [-0.2, 0) is 4.79 Å². The van der Waals surface area contributed by atoms with Crippen molar-refractivity contribution >= 4 is 17.6 Å². The minimum absolute atomic E-state index is 0.0200. The van der Waals surface area contributed by atoms with Crippen LogP contribution < -0.4 is 20.9 Å². The summed E-state index contributed by atoms with van der Waals surface area (Å²) in [4.78, 5) is 26.1. The van der Waals surface area contributed by atoms with Gasteiger partial charge in [-0.3, -0.25) is 4.79 Å². The van der Waals surface area contributed by atoms with Crippen molar-refractivity contribution in [3.8, 4) is 0 Å². The highest BCUT2D eigenvalue weighted by Gasteiger charge is 2.26. The van der Waals surface area contributed by atoms with Gasteiger partial charge in [0.2, 0.25) is 0 Å². The van der Waals surface area contributed by atoms with Crippen LogP contribution in [0.4, 0.5) is 10.5 Å². The van der Waals surface area contributed by atoms with Crippen LogP contribution in [0, 0.1) is 20.8 Å². The summed E-state index contributed by atoms with van der Waals surface area (Å²) in [5.74, 6) is 0.0662. The van der Waals surface area contributed by atoms with Crippen molar-refractivity contribution in [2.24, 2.45) is 0 Å². The third-order valence-electron chi connectivity index (χ3n) is 6.32. The number of benzene rings is 1. The molecule has 160 valence electrons. The highest BCUT2D eigenvalue weighted by molar-refractivity contribution is 5.93. The lowest BCUT2D eigenvalue weighted by Gasteiger charge is -2.30. The van der Waals surface area contributed by atoms with Gasteiger partial charge in [0.15, 0.2) is 6.54 Å². The van der Waals surface area contributed by atoms with Crippen molar-refractivity contribution in [2.75, 3.05) is 25.0 Å². The van der Waals surface area contributed by atoms with Crippen LogP contribution >= 0.6 is 0 Å². The van der Waals surface area contributed by atoms with Crippen molar-refractivity contribution in [3.05, 3.63) is 28.8 Å². The molecule has 2 aliphatic rings. The first kappa shape index (κ1) is 21.6. The number of piperidine rings is 1. The van der Waals surface area contributed by atoms with Crippen LogP contribution in [-0.4, -0.2) is 43.7 Å². The van der Waals surface area contributed by atoms with E-state index in [-0.39, 0.29) is 18.0 Å². The molecule has 0 bridgehead atoms. The maximum absolute atomic E-state index is 12.5. The van der Waals surface area contributed by atoms with E-state index < -0.39 is 0 Å². The molecule has 29 heavy (non-hydrogen) atoms. The van der Waals surface area contributed by atoms with Gasteiger partial charge in [0.1, 0.15) is 0 Å². The Morgan fingerprint density at radius 1 is 0.897 bits per heavy atom. The fourth-order valence-electron chi connectivity index (χ4n) is 4.79. The molecule has 3 rings (SSSR count). The number of likely N-dealkylation sites (tertiary alicyclic amines) is 1. The lowest BCUT2D eigenvalue weighted by Crippen LogP contribution is -3.14. The highest BCUT2D eigenvalue weighted by atomic mass is 16.2. The van der Waals surface area contributed by atoms with Gasteiger partial charge in [0.05, 0.1) is 13.1 Å². The summed E-state index contributed by atoms with van der Waals surface area (Å²) in [5, 5.41) is 9.37. The molecular weight excluding hydrogens is 364 g/mol. The smallest absolute Gasteiger partial charge is 0.315 e. The van der Waals surface area contributed by atoms with E-state index in [9.17, 15) is 9.59 Å². The van der Waals surface area contributed by atoms with Crippen LogP contribution in [0.5, 0.6) is 0 Å². The van der Waals surface area contributed by atoms with Gasteiger partial charge in [-0.25, -0.2) is 4.79 Å². The first-order chi connectivity index (χ1) is 13.9. The van der Waals surface area contributed by atoms with Crippen molar-refractivity contribution in [1.29, 1.82) is 0 Å². The van der Waals surface area contributed by atoms with E-state index in [1.165, 1.54) is 29.7 Å². The van der Waals surface area contributed by atoms with E-state index in [1.54, 1.807) is 0 Å². The van der Waals surface area contributed by atoms with Crippen LogP contribution in [0.1, 0.15) is 61.6 Å². The molecular formula is C23H37N4O2+. The molecule has 3 amide bonds. The highest BCUT2D eigenvalue weighted by Crippen LogP contribution is 2.21. The van der Waals surface area contributed by atoms with Crippen molar-refractivity contribution in [3.63, 3.8) is 0 Å². The Bertz CT molecular complexity index is 697. The Balaban J connectivity index is 1.39. The first-order valence-corrected chi connectivity index (χ1v) is 11.2. The number of carbonyl (C=O) groups is 2. The van der Waals surface area contributed by atoms with Crippen LogP contribution in [0.3, 0.4) is 0 Å². The average molecular weight is 402 g/mol. The second-order valence-electron chi connectivity index (χ2n) is 8.98. The monoisotopic (exact) mass is 401 g/mol. The van der Waals surface area contributed by atoms with E-state index in [1.807, 2.05) is 13.8 Å². The summed E-state index contributed by atoms with van der Waals surface area (Å²) in [6, 6.07) is 4.74. The molecule has 0 spiro atoms. The maximum atomic E-state index is 12.5. The number of urea groups is 1. The summed E-state index contributed by atoms with van der Waals surface area (Å²) >= 11 is 0. The Morgan fingerprint density at radius 3 is 2.03 bits per heavy atom. The molecule has 1 heterocycles. The van der Waals surface area contributed by atoms with Gasteiger partial charge in [0, 0.05) is 30.6 Å². The molecule has 6 nitrogen and oxygen atoms in total. The van der Waals surface area contributed by atoms with E-state index in [4.69, 9.17) is 0 Å². The summed E-state index contributed by atoms with van der Waals surface area (Å²) in [6.07, 6.45) is 7.77. The molecule has 1 saturated heterocycles. The summed E-state index contributed by atoms with van der Waals surface area (Å²) in [5.41, 5.74) is 4.37. The molecule has 1 aromatic carbocycles. The first-order valence-electron chi connectivity index (χ1n) is 11.2. The Hall–Kier alpha value is -2.08. The number of carbonyl (C=O) groups excluding carboxylic acids is 2. The molecule has 6 heteroatoms. The minimum Gasteiger partial charge on any atom is -0.335 e. The second-order valence-corrected chi connectivity index (χ2v) is 8.98. The molecule has 0 unspecified atom stereocenters. The van der Waals surface area contributed by atoms with Gasteiger partial charge in [-0.05, 0) is 44.7 Å². The van der Waals surface area contributed by atoms with Gasteiger partial charge in [-0.1, -0.05) is 37.0 Å². The van der Waals surface area contributed by atoms with Gasteiger partial charge < -0.3 is 20.9 Å². The number of hydrogen-bond donors (Lipinski definition) is 4. The molecule has 2 fully saturated rings. The zero-order valence-corrected chi connectivity index (χ0v) is 18.2. The third-order valence-corrected chi connectivity index (χ3v) is 6.32. The van der Waals surface area contributed by atoms with Crippen molar-refractivity contribution in [2.45, 2.75) is 77.8 Å². The quantitative estimate of drug-likeness (QED) is 0.611. The van der Waals surface area contributed by atoms with Gasteiger partial charge >= 0.3 is 6.03 Å². The molecule has 0 radical (unpaired) electrons. The van der Waals surface area contributed by atoms with E-state index in [0.717, 1.165) is 55.6 Å². The number of aryl methyl sites for hydroxylation is 3. The van der Waals surface area contributed by atoms with Crippen molar-refractivity contribution < 1.29 is 14.5 Å². The molecule has 0 aromatic heterocycles. The van der Waals surface area contributed by atoms with E-state index in [0.29, 0.717) is 12.6 Å². The van der Waals surface area contributed by atoms with E-state index >= 15 is 0 Å². The fourth-order valence-corrected chi connectivity index (χ4v) is 4.79. The Kier molecular flexibility index (Phi) is 7.53. The van der Waals surface area contributed by atoms with Crippen LogP contribution in [0.2, 0.25) is 0 Å². The average Bonchev–Trinajstić information content (AvgIpc) is 2.67. The number of amides is 3. The lowest BCUT2D eigenvalue weighted by molar-refractivity contribution is -0.897. The van der Waals surface area contributed by atoms with Gasteiger partial charge in [-0.2, -0.15) is 0 Å². The Morgan fingerprint density at radius 2 is 1.45 bits per heavy atom. The van der Waals surface area contributed by atoms with Gasteiger partial charge in [-0.15, -0.1) is 0 Å². The maximum Gasteiger partial charge on any atom is 0.315 e. The largest absolute Gasteiger partial charge is 0.335 e. The Labute approximate surface area is 174 Å². The number of anilines is 1. The number of hydrogen-bond acceptors (Lipinski definition) is 2. The number of quaternary nitrogens is 1. The molecule has 1 aromatic rings. The number of rotatable bonds is 5. The topological polar surface area (TPSA) is 74.7 Å². The van der Waals surface area contributed by atoms with Crippen LogP contribution in [0.25, 0.3) is 0 Å². The standard InChI is InChI=1S/C23H36N4O2/c1-16-13-17(2)22(18(3)14-16)26-21(28)15-27-11-9-20(10-12-27)25-23(29)24-19-7-5-4-6-8-19/h13-14,19-20H,4-12,15H2,1-3H3,(H,26,28)(H2,24,25,29)/p+1. The summed E-state index contributed by atoms with van der Waals surface area (Å²) in [7, 11) is 0. The normalized spacial score (nSPS) is 22.7. The zero-order valence-electron chi connectivity index (χ0n) is 18.2. The fraction of sp³-hybridized carbons (Fsp3) is 0.652. The second kappa shape index (κ2) is 10.1. The van der Waals surface area contributed by atoms with E-state index in [2.05, 4.69) is 35.0 Å². The third kappa shape index (κ3) is 6.46. The molecule has 4 N–H and O–H groups in total. The SMILES string of the molecule is Cc1cc(C)c(NC(=O)C[NH+]2CCC(NC(=O)NC3CCCCC3)CC2)c(C)c1. The summed E-state index contributed by atoms with van der Waals surface area (Å²) in [6.45, 7) is 8.45. The molecule has 0 atom stereocenters. The minimum atomic E-state index is -0.0200. The molecule has 1 aliphatic heterocycles. The number of nitrogens with one attached hydrogen (secondary N) is 4. The lowest BCUT2D eigenvalue weighted by atomic mass is 9.96. The molecule has 1 aliphatic carbocycles. The predicted octanol–water partition coefficient (Wildman–Crippen LogP) is 2.23. The van der Waals surface area contributed by atoms with Gasteiger partial charge in [0.25, 0.3) is 5.91 Å². The molecule has 1 saturated carbocycles. The van der Waals surface area contributed by atoms with Crippen molar-refractivity contribution in [1.82, 2.24) is 10.6 Å². The van der Waals surface area contributed by atoms with Crippen LogP contribution in [0.15, 0.2) is 12.1 Å².